The van der Waals surface area contributed by atoms with E-state index in [9.17, 15) is 9.59 Å². The zero-order valence-electron chi connectivity index (χ0n) is 12.0. The fourth-order valence-corrected chi connectivity index (χ4v) is 2.60. The molecule has 0 saturated heterocycles. The first kappa shape index (κ1) is 16.0. The van der Waals surface area contributed by atoms with Crippen molar-refractivity contribution in [1.29, 1.82) is 0 Å². The number of hydrogen-bond donors (Lipinski definition) is 1. The summed E-state index contributed by atoms with van der Waals surface area (Å²) in [4.78, 5) is 26.5. The standard InChI is InChI=1S/C15H19BrN2O3/c1-17(8-11-4-2-3-5-13(11)16)14(19)9-18(10-15(20)21)12-6-7-12/h2-5,12H,6-10H2,1H3,(H,20,21). The van der Waals surface area contributed by atoms with E-state index in [1.165, 1.54) is 0 Å². The van der Waals surface area contributed by atoms with E-state index < -0.39 is 5.97 Å². The van der Waals surface area contributed by atoms with Crippen LogP contribution in [-0.2, 0) is 16.1 Å². The van der Waals surface area contributed by atoms with Crippen LogP contribution in [0.4, 0.5) is 0 Å². The minimum atomic E-state index is -0.886. The molecule has 6 heteroatoms. The van der Waals surface area contributed by atoms with Crippen LogP contribution in [0.2, 0.25) is 0 Å². The molecule has 1 fully saturated rings. The lowest BCUT2D eigenvalue weighted by molar-refractivity contribution is -0.139. The summed E-state index contributed by atoms with van der Waals surface area (Å²) >= 11 is 3.46. The number of carbonyl (C=O) groups excluding carboxylic acids is 1. The van der Waals surface area contributed by atoms with Crippen LogP contribution in [0.5, 0.6) is 0 Å². The Hall–Kier alpha value is -1.40. The van der Waals surface area contributed by atoms with Gasteiger partial charge in [0, 0.05) is 24.1 Å². The third kappa shape index (κ3) is 4.82. The lowest BCUT2D eigenvalue weighted by atomic mass is 10.2. The van der Waals surface area contributed by atoms with Gasteiger partial charge in [-0.05, 0) is 24.5 Å². The number of amides is 1. The highest BCUT2D eigenvalue weighted by Crippen LogP contribution is 2.26. The van der Waals surface area contributed by atoms with Crippen molar-refractivity contribution in [2.45, 2.75) is 25.4 Å². The average Bonchev–Trinajstić information content (AvgIpc) is 3.24. The molecular weight excluding hydrogens is 336 g/mol. The second-order valence-corrected chi connectivity index (χ2v) is 6.23. The maximum atomic E-state index is 12.3. The highest BCUT2D eigenvalue weighted by molar-refractivity contribution is 9.10. The predicted molar refractivity (Wildman–Crippen MR) is 82.8 cm³/mol. The van der Waals surface area contributed by atoms with Gasteiger partial charge in [0.1, 0.15) is 0 Å². The zero-order chi connectivity index (χ0) is 15.4. The van der Waals surface area contributed by atoms with Gasteiger partial charge in [-0.1, -0.05) is 34.1 Å². The Morgan fingerprint density at radius 1 is 1.29 bits per heavy atom. The Balaban J connectivity index is 1.92. The number of carbonyl (C=O) groups is 2. The maximum Gasteiger partial charge on any atom is 0.317 e. The largest absolute Gasteiger partial charge is 0.480 e. The SMILES string of the molecule is CN(Cc1ccccc1Br)C(=O)CN(CC(=O)O)C1CC1. The summed E-state index contributed by atoms with van der Waals surface area (Å²) in [6.45, 7) is 0.600. The average molecular weight is 355 g/mol. The summed E-state index contributed by atoms with van der Waals surface area (Å²) < 4.78 is 0.967. The monoisotopic (exact) mass is 354 g/mol. The smallest absolute Gasteiger partial charge is 0.317 e. The summed E-state index contributed by atoms with van der Waals surface area (Å²) in [5, 5.41) is 8.91. The van der Waals surface area contributed by atoms with E-state index >= 15 is 0 Å². The molecule has 1 aromatic carbocycles. The molecular formula is C15H19BrN2O3. The number of carboxylic acids is 1. The van der Waals surface area contributed by atoms with Crippen molar-refractivity contribution in [3.63, 3.8) is 0 Å². The summed E-state index contributed by atoms with van der Waals surface area (Å²) in [6.07, 6.45) is 1.96. The molecule has 1 aromatic rings. The molecule has 5 nitrogen and oxygen atoms in total. The number of carboxylic acid groups (broad SMARTS) is 1. The van der Waals surface area contributed by atoms with E-state index in [-0.39, 0.29) is 25.0 Å². The third-order valence-electron chi connectivity index (χ3n) is 3.53. The van der Waals surface area contributed by atoms with Gasteiger partial charge in [-0.2, -0.15) is 0 Å². The topological polar surface area (TPSA) is 60.9 Å². The van der Waals surface area contributed by atoms with Crippen LogP contribution in [0.1, 0.15) is 18.4 Å². The van der Waals surface area contributed by atoms with Gasteiger partial charge in [0.2, 0.25) is 5.91 Å². The van der Waals surface area contributed by atoms with Gasteiger partial charge in [0.15, 0.2) is 0 Å². The van der Waals surface area contributed by atoms with E-state index in [4.69, 9.17) is 5.11 Å². The number of nitrogens with zero attached hydrogens (tertiary/aromatic N) is 2. The Kier molecular flexibility index (Phi) is 5.36. The number of aliphatic carboxylic acids is 1. The second-order valence-electron chi connectivity index (χ2n) is 5.37. The normalized spacial score (nSPS) is 14.2. The van der Waals surface area contributed by atoms with E-state index in [1.807, 2.05) is 24.3 Å². The molecule has 21 heavy (non-hydrogen) atoms. The van der Waals surface area contributed by atoms with Gasteiger partial charge in [-0.3, -0.25) is 14.5 Å². The fraction of sp³-hybridized carbons (Fsp3) is 0.467. The number of hydrogen-bond acceptors (Lipinski definition) is 3. The highest BCUT2D eigenvalue weighted by Gasteiger charge is 2.32. The van der Waals surface area contributed by atoms with Crippen molar-refractivity contribution < 1.29 is 14.7 Å². The van der Waals surface area contributed by atoms with Crippen molar-refractivity contribution in [3.8, 4) is 0 Å². The summed E-state index contributed by atoms with van der Waals surface area (Å²) in [7, 11) is 1.74. The molecule has 2 rings (SSSR count). The van der Waals surface area contributed by atoms with Crippen molar-refractivity contribution >= 4 is 27.8 Å². The molecule has 114 valence electrons. The Labute approximate surface area is 132 Å². The molecule has 0 atom stereocenters. The third-order valence-corrected chi connectivity index (χ3v) is 4.30. The zero-order valence-corrected chi connectivity index (χ0v) is 13.5. The van der Waals surface area contributed by atoms with Gasteiger partial charge < -0.3 is 10.0 Å². The molecule has 1 aliphatic rings. The molecule has 1 amide bonds. The second kappa shape index (κ2) is 7.04. The van der Waals surface area contributed by atoms with Crippen LogP contribution in [-0.4, -0.2) is 53.0 Å². The molecule has 1 aliphatic carbocycles. The predicted octanol–water partition coefficient (Wildman–Crippen LogP) is 1.96. The molecule has 0 spiro atoms. The number of likely N-dealkylation sites (N-methyl/N-ethyl adjacent to an activating group) is 1. The highest BCUT2D eigenvalue weighted by atomic mass is 79.9. The summed E-state index contributed by atoms with van der Waals surface area (Å²) in [5.41, 5.74) is 1.03. The van der Waals surface area contributed by atoms with E-state index in [2.05, 4.69) is 15.9 Å². The Morgan fingerprint density at radius 3 is 2.52 bits per heavy atom. The van der Waals surface area contributed by atoms with E-state index in [1.54, 1.807) is 16.8 Å². The van der Waals surface area contributed by atoms with Crippen LogP contribution in [0.15, 0.2) is 28.7 Å². The molecule has 0 bridgehead atoms. The van der Waals surface area contributed by atoms with Gasteiger partial charge >= 0.3 is 5.97 Å². The fourth-order valence-electron chi connectivity index (χ4n) is 2.19. The van der Waals surface area contributed by atoms with Crippen LogP contribution < -0.4 is 0 Å². The first-order chi connectivity index (χ1) is 9.97. The van der Waals surface area contributed by atoms with Gasteiger partial charge in [0.25, 0.3) is 0 Å². The van der Waals surface area contributed by atoms with Gasteiger partial charge in [-0.15, -0.1) is 0 Å². The van der Waals surface area contributed by atoms with Crippen LogP contribution in [0.25, 0.3) is 0 Å². The molecule has 1 saturated carbocycles. The van der Waals surface area contributed by atoms with Gasteiger partial charge in [-0.25, -0.2) is 0 Å². The first-order valence-electron chi connectivity index (χ1n) is 6.90. The summed E-state index contributed by atoms with van der Waals surface area (Å²) in [5.74, 6) is -0.943. The molecule has 0 heterocycles. The van der Waals surface area contributed by atoms with Crippen molar-refractivity contribution in [2.24, 2.45) is 0 Å². The lowest BCUT2D eigenvalue weighted by Crippen LogP contribution is -2.41. The first-order valence-corrected chi connectivity index (χ1v) is 7.70. The van der Waals surface area contributed by atoms with Crippen molar-refractivity contribution in [3.05, 3.63) is 34.3 Å². The Bertz CT molecular complexity index is 531. The van der Waals surface area contributed by atoms with E-state index in [0.717, 1.165) is 22.9 Å². The molecule has 0 unspecified atom stereocenters. The quantitative estimate of drug-likeness (QED) is 0.812. The molecule has 0 aliphatic heterocycles. The number of halogens is 1. The lowest BCUT2D eigenvalue weighted by Gasteiger charge is -2.24. The van der Waals surface area contributed by atoms with Crippen LogP contribution in [0.3, 0.4) is 0 Å². The molecule has 0 radical (unpaired) electrons. The molecule has 0 aromatic heterocycles. The van der Waals surface area contributed by atoms with Gasteiger partial charge in [0.05, 0.1) is 13.1 Å². The minimum absolute atomic E-state index is 0.0566. The van der Waals surface area contributed by atoms with Crippen LogP contribution >= 0.6 is 15.9 Å². The number of rotatable bonds is 7. The van der Waals surface area contributed by atoms with Crippen LogP contribution in [0, 0.1) is 0 Å². The Morgan fingerprint density at radius 2 is 1.95 bits per heavy atom. The van der Waals surface area contributed by atoms with Crippen molar-refractivity contribution in [2.75, 3.05) is 20.1 Å². The molecule has 1 N–H and O–H groups in total. The number of benzene rings is 1. The maximum absolute atomic E-state index is 12.3. The van der Waals surface area contributed by atoms with Crippen molar-refractivity contribution in [1.82, 2.24) is 9.80 Å². The summed E-state index contributed by atoms with van der Waals surface area (Å²) in [6, 6.07) is 8.01. The van der Waals surface area contributed by atoms with E-state index in [0.29, 0.717) is 6.54 Å². The minimum Gasteiger partial charge on any atom is -0.480 e.